The summed E-state index contributed by atoms with van der Waals surface area (Å²) in [5, 5.41) is 3.54. The van der Waals surface area contributed by atoms with E-state index in [-0.39, 0.29) is 11.2 Å². The molecule has 1 N–H and O–H groups in total. The molecule has 4 rings (SSSR count). The third-order valence-electron chi connectivity index (χ3n) is 4.42. The largest absolute Gasteiger partial charge is 0.293 e. The van der Waals surface area contributed by atoms with Gasteiger partial charge in [-0.1, -0.05) is 29.8 Å². The molecule has 128 valence electrons. The Morgan fingerprint density at radius 1 is 1.24 bits per heavy atom. The average Bonchev–Trinajstić information content (AvgIpc) is 2.93. The maximum Gasteiger partial charge on any atom is 0.274 e. The first-order valence-corrected chi connectivity index (χ1v) is 8.40. The first kappa shape index (κ1) is 16.1. The molecular weight excluding hydrogens is 343 g/mol. The SMILES string of the molecule is O=c1c2c([nH]n1-c1ccccc1F)CN(Cc1ccc(Cl)nc1)CC2. The van der Waals surface area contributed by atoms with Crippen LogP contribution >= 0.6 is 11.6 Å². The number of nitrogens with one attached hydrogen (secondary N) is 1. The molecule has 3 heterocycles. The number of aromatic nitrogens is 3. The van der Waals surface area contributed by atoms with Crippen molar-refractivity contribution in [3.05, 3.63) is 80.7 Å². The summed E-state index contributed by atoms with van der Waals surface area (Å²) in [5.41, 5.74) is 2.70. The van der Waals surface area contributed by atoms with Crippen LogP contribution in [0.5, 0.6) is 0 Å². The van der Waals surface area contributed by atoms with Crippen LogP contribution in [0.3, 0.4) is 0 Å². The summed E-state index contributed by atoms with van der Waals surface area (Å²) in [6.45, 7) is 2.09. The molecule has 25 heavy (non-hydrogen) atoms. The van der Waals surface area contributed by atoms with Crippen molar-refractivity contribution < 1.29 is 4.39 Å². The highest BCUT2D eigenvalue weighted by Gasteiger charge is 2.23. The van der Waals surface area contributed by atoms with Gasteiger partial charge in [-0.05, 0) is 30.2 Å². The van der Waals surface area contributed by atoms with Gasteiger partial charge in [0.2, 0.25) is 0 Å². The van der Waals surface area contributed by atoms with E-state index < -0.39 is 5.82 Å². The van der Waals surface area contributed by atoms with Crippen LogP contribution in [0.15, 0.2) is 47.4 Å². The molecule has 0 saturated carbocycles. The number of benzene rings is 1. The third kappa shape index (κ3) is 3.10. The normalized spacial score (nSPS) is 14.5. The van der Waals surface area contributed by atoms with Crippen molar-refractivity contribution in [1.29, 1.82) is 0 Å². The Hall–Kier alpha value is -2.44. The first-order chi connectivity index (χ1) is 12.1. The van der Waals surface area contributed by atoms with Gasteiger partial charge in [0.05, 0.1) is 5.69 Å². The minimum atomic E-state index is -0.424. The van der Waals surface area contributed by atoms with Crippen LogP contribution in [0.4, 0.5) is 4.39 Å². The smallest absolute Gasteiger partial charge is 0.274 e. The maximum absolute atomic E-state index is 14.0. The molecule has 0 unspecified atom stereocenters. The van der Waals surface area contributed by atoms with Crippen molar-refractivity contribution in [1.82, 2.24) is 19.7 Å². The summed E-state index contributed by atoms with van der Waals surface area (Å²) in [4.78, 5) is 18.9. The lowest BCUT2D eigenvalue weighted by Crippen LogP contribution is -2.31. The van der Waals surface area contributed by atoms with Gasteiger partial charge in [-0.25, -0.2) is 14.1 Å². The molecule has 5 nitrogen and oxygen atoms in total. The molecule has 0 aliphatic carbocycles. The number of nitrogens with zero attached hydrogens (tertiary/aromatic N) is 3. The lowest BCUT2D eigenvalue weighted by atomic mass is 10.1. The highest BCUT2D eigenvalue weighted by molar-refractivity contribution is 6.29. The number of rotatable bonds is 3. The molecule has 0 bridgehead atoms. The van der Waals surface area contributed by atoms with E-state index in [2.05, 4.69) is 15.0 Å². The summed E-state index contributed by atoms with van der Waals surface area (Å²) in [5.74, 6) is -0.424. The lowest BCUT2D eigenvalue weighted by Gasteiger charge is -2.25. The van der Waals surface area contributed by atoms with Gasteiger partial charge in [-0.2, -0.15) is 0 Å². The number of pyridine rings is 1. The highest BCUT2D eigenvalue weighted by Crippen LogP contribution is 2.19. The molecule has 1 aliphatic heterocycles. The summed E-state index contributed by atoms with van der Waals surface area (Å²) < 4.78 is 15.3. The van der Waals surface area contributed by atoms with Gasteiger partial charge in [0, 0.05) is 31.4 Å². The zero-order valence-electron chi connectivity index (χ0n) is 13.4. The Labute approximate surface area is 148 Å². The minimum absolute atomic E-state index is 0.173. The van der Waals surface area contributed by atoms with E-state index in [1.807, 2.05) is 6.07 Å². The van der Waals surface area contributed by atoms with Crippen LogP contribution < -0.4 is 5.56 Å². The van der Waals surface area contributed by atoms with Gasteiger partial charge in [0.15, 0.2) is 0 Å². The maximum atomic E-state index is 14.0. The van der Waals surface area contributed by atoms with Crippen LogP contribution in [-0.4, -0.2) is 26.2 Å². The number of H-pyrrole nitrogens is 1. The van der Waals surface area contributed by atoms with Crippen LogP contribution in [-0.2, 0) is 19.5 Å². The molecule has 1 aromatic carbocycles. The predicted molar refractivity (Wildman–Crippen MR) is 93.4 cm³/mol. The summed E-state index contributed by atoms with van der Waals surface area (Å²) in [7, 11) is 0. The van der Waals surface area contributed by atoms with E-state index >= 15 is 0 Å². The Morgan fingerprint density at radius 2 is 2.08 bits per heavy atom. The van der Waals surface area contributed by atoms with E-state index in [0.717, 1.165) is 29.9 Å². The van der Waals surface area contributed by atoms with Crippen LogP contribution in [0.25, 0.3) is 5.69 Å². The molecule has 2 aromatic heterocycles. The van der Waals surface area contributed by atoms with Crippen LogP contribution in [0.2, 0.25) is 5.15 Å². The zero-order valence-corrected chi connectivity index (χ0v) is 14.1. The molecule has 0 spiro atoms. The number of hydrogen-bond donors (Lipinski definition) is 1. The standard InChI is InChI=1S/C18H16ClFN4O/c19-17-6-5-12(9-21-17)10-23-8-7-13-15(11-23)22-24(18(13)25)16-4-2-1-3-14(16)20/h1-6,9,22H,7-8,10-11H2. The molecular formula is C18H16ClFN4O. The first-order valence-electron chi connectivity index (χ1n) is 8.02. The zero-order chi connectivity index (χ0) is 17.4. The topological polar surface area (TPSA) is 53.9 Å². The molecule has 3 aromatic rings. The summed E-state index contributed by atoms with van der Waals surface area (Å²) in [6, 6.07) is 9.97. The quantitative estimate of drug-likeness (QED) is 0.732. The predicted octanol–water partition coefficient (Wildman–Crippen LogP) is 2.91. The average molecular weight is 359 g/mol. The molecule has 0 radical (unpaired) electrons. The number of aromatic amines is 1. The highest BCUT2D eigenvalue weighted by atomic mass is 35.5. The number of halogens is 2. The third-order valence-corrected chi connectivity index (χ3v) is 4.64. The fourth-order valence-electron chi connectivity index (χ4n) is 3.17. The number of para-hydroxylation sites is 1. The Morgan fingerprint density at radius 3 is 2.84 bits per heavy atom. The molecule has 0 atom stereocenters. The summed E-state index contributed by atoms with van der Waals surface area (Å²) in [6.07, 6.45) is 2.39. The second-order valence-electron chi connectivity index (χ2n) is 6.11. The molecule has 0 fully saturated rings. The van der Waals surface area contributed by atoms with E-state index in [1.54, 1.807) is 30.5 Å². The van der Waals surface area contributed by atoms with E-state index in [1.165, 1.54) is 10.7 Å². The second-order valence-corrected chi connectivity index (χ2v) is 6.50. The number of fused-ring (bicyclic) bond motifs is 1. The lowest BCUT2D eigenvalue weighted by molar-refractivity contribution is 0.242. The fourth-order valence-corrected chi connectivity index (χ4v) is 3.29. The summed E-state index contributed by atoms with van der Waals surface area (Å²) >= 11 is 5.81. The van der Waals surface area contributed by atoms with Crippen LogP contribution in [0.1, 0.15) is 16.8 Å². The van der Waals surface area contributed by atoms with E-state index in [0.29, 0.717) is 18.1 Å². The fraction of sp³-hybridized carbons (Fsp3) is 0.222. The Bertz CT molecular complexity index is 964. The van der Waals surface area contributed by atoms with Crippen molar-refractivity contribution in [3.8, 4) is 5.69 Å². The molecule has 7 heteroatoms. The van der Waals surface area contributed by atoms with Crippen molar-refractivity contribution in [2.45, 2.75) is 19.5 Å². The van der Waals surface area contributed by atoms with Crippen molar-refractivity contribution in [3.63, 3.8) is 0 Å². The Kier molecular flexibility index (Phi) is 4.15. The van der Waals surface area contributed by atoms with E-state index in [9.17, 15) is 9.18 Å². The van der Waals surface area contributed by atoms with Crippen molar-refractivity contribution >= 4 is 11.6 Å². The minimum Gasteiger partial charge on any atom is -0.293 e. The van der Waals surface area contributed by atoms with Gasteiger partial charge in [0.1, 0.15) is 16.7 Å². The van der Waals surface area contributed by atoms with Gasteiger partial charge < -0.3 is 0 Å². The molecule has 0 amide bonds. The molecule has 1 aliphatic rings. The van der Waals surface area contributed by atoms with Crippen molar-refractivity contribution in [2.24, 2.45) is 0 Å². The van der Waals surface area contributed by atoms with E-state index in [4.69, 9.17) is 11.6 Å². The number of hydrogen-bond acceptors (Lipinski definition) is 3. The second kappa shape index (κ2) is 6.46. The van der Waals surface area contributed by atoms with Crippen LogP contribution in [0, 0.1) is 5.82 Å². The Balaban J connectivity index is 1.60. The molecule has 0 saturated heterocycles. The van der Waals surface area contributed by atoms with Gasteiger partial charge in [0.25, 0.3) is 5.56 Å². The van der Waals surface area contributed by atoms with Crippen molar-refractivity contribution in [2.75, 3.05) is 6.54 Å². The monoisotopic (exact) mass is 358 g/mol. The van der Waals surface area contributed by atoms with Gasteiger partial charge >= 0.3 is 0 Å². The van der Waals surface area contributed by atoms with Gasteiger partial charge in [-0.15, -0.1) is 0 Å². The van der Waals surface area contributed by atoms with Gasteiger partial charge in [-0.3, -0.25) is 14.8 Å².